The van der Waals surface area contributed by atoms with Gasteiger partial charge in [0.15, 0.2) is 5.69 Å². The lowest BCUT2D eigenvalue weighted by atomic mass is 10.2. The minimum Gasteiger partial charge on any atom is -0.364 e. The summed E-state index contributed by atoms with van der Waals surface area (Å²) in [5.74, 6) is -2.73. The maximum atomic E-state index is 13.2. The van der Waals surface area contributed by atoms with Gasteiger partial charge in [0.25, 0.3) is 17.7 Å². The third-order valence-corrected chi connectivity index (χ3v) is 4.49. The maximum absolute atomic E-state index is 13.2. The Morgan fingerprint density at radius 3 is 2.42 bits per heavy atom. The zero-order chi connectivity index (χ0) is 22.5. The maximum Gasteiger partial charge on any atom is 0.270 e. The van der Waals surface area contributed by atoms with Crippen LogP contribution in [0.25, 0.3) is 5.69 Å². The van der Waals surface area contributed by atoms with Crippen molar-refractivity contribution in [1.29, 1.82) is 0 Å². The molecule has 0 unspecified atom stereocenters. The highest BCUT2D eigenvalue weighted by Gasteiger charge is 2.23. The summed E-state index contributed by atoms with van der Waals surface area (Å²) in [7, 11) is 0. The number of rotatable bonds is 7. The van der Waals surface area contributed by atoms with E-state index >= 15 is 0 Å². The van der Waals surface area contributed by atoms with Crippen LogP contribution < -0.4 is 16.4 Å². The molecule has 0 fully saturated rings. The number of nitrogens with two attached hydrogens (primary N) is 1. The van der Waals surface area contributed by atoms with Gasteiger partial charge in [-0.2, -0.15) is 0 Å². The molecule has 0 saturated carbocycles. The van der Waals surface area contributed by atoms with Gasteiger partial charge in [0.1, 0.15) is 24.5 Å². The molecule has 0 saturated heterocycles. The second-order valence-corrected chi connectivity index (χ2v) is 6.65. The summed E-state index contributed by atoms with van der Waals surface area (Å²) in [6.07, 6.45) is 1.23. The number of imidazole rings is 1. The fraction of sp³-hybridized carbons (Fsp3) is 0.100. The van der Waals surface area contributed by atoms with Crippen LogP contribution in [0, 0.1) is 5.82 Å². The first-order chi connectivity index (χ1) is 14.8. The van der Waals surface area contributed by atoms with E-state index in [2.05, 4.69) is 15.6 Å². The van der Waals surface area contributed by atoms with E-state index in [4.69, 9.17) is 17.3 Å². The minimum atomic E-state index is -0.913. The van der Waals surface area contributed by atoms with Crippen molar-refractivity contribution in [2.45, 2.75) is 0 Å². The van der Waals surface area contributed by atoms with Crippen molar-refractivity contribution in [2.24, 2.45) is 5.73 Å². The third-order valence-electron chi connectivity index (χ3n) is 4.18. The quantitative estimate of drug-likeness (QED) is 0.516. The number of carbonyl (C=O) groups is 3. The van der Waals surface area contributed by atoms with Crippen LogP contribution >= 0.6 is 11.6 Å². The van der Waals surface area contributed by atoms with Gasteiger partial charge in [-0.15, -0.1) is 0 Å². The van der Waals surface area contributed by atoms with E-state index in [-0.39, 0.29) is 28.5 Å². The van der Waals surface area contributed by atoms with Crippen LogP contribution in [-0.2, 0) is 0 Å². The normalized spacial score (nSPS) is 10.5. The van der Waals surface area contributed by atoms with Gasteiger partial charge < -0.3 is 16.4 Å². The van der Waals surface area contributed by atoms with Crippen LogP contribution in [0.4, 0.5) is 14.5 Å². The fourth-order valence-corrected chi connectivity index (χ4v) is 3.02. The van der Waals surface area contributed by atoms with Gasteiger partial charge in [0.05, 0.1) is 10.6 Å². The molecular weight excluding hydrogens is 432 g/mol. The molecule has 0 aliphatic heterocycles. The standard InChI is InChI=1S/C20H16ClF2N5O3/c21-15-9-11(23)1-6-14(15)19(30)27-12-2-4-13(5-3-12)28-10-26-16(18(24)29)17(28)20(31)25-8-7-22/h1-6,9-10H,7-8H2,(H2,24,29)(H,25,31)(H,27,30). The molecule has 11 heteroatoms. The van der Waals surface area contributed by atoms with Crippen LogP contribution in [0.15, 0.2) is 48.8 Å². The molecule has 31 heavy (non-hydrogen) atoms. The van der Waals surface area contributed by atoms with Gasteiger partial charge in [0.2, 0.25) is 0 Å². The molecule has 8 nitrogen and oxygen atoms in total. The highest BCUT2D eigenvalue weighted by atomic mass is 35.5. The monoisotopic (exact) mass is 447 g/mol. The van der Waals surface area contributed by atoms with Crippen molar-refractivity contribution < 1.29 is 23.2 Å². The molecule has 3 amide bonds. The number of amides is 3. The Morgan fingerprint density at radius 1 is 1.10 bits per heavy atom. The first-order valence-corrected chi connectivity index (χ1v) is 9.27. The van der Waals surface area contributed by atoms with Gasteiger partial charge in [-0.1, -0.05) is 11.6 Å². The SMILES string of the molecule is NC(=O)c1ncn(-c2ccc(NC(=O)c3ccc(F)cc3Cl)cc2)c1C(=O)NCCF. The van der Waals surface area contributed by atoms with Gasteiger partial charge in [-0.25, -0.2) is 13.8 Å². The molecule has 0 radical (unpaired) electrons. The second-order valence-electron chi connectivity index (χ2n) is 6.25. The van der Waals surface area contributed by atoms with Crippen LogP contribution in [0.3, 0.4) is 0 Å². The Morgan fingerprint density at radius 2 is 1.81 bits per heavy atom. The first-order valence-electron chi connectivity index (χ1n) is 8.90. The number of hydrogen-bond donors (Lipinski definition) is 3. The summed E-state index contributed by atoms with van der Waals surface area (Å²) >= 11 is 5.90. The molecule has 0 atom stereocenters. The summed E-state index contributed by atoms with van der Waals surface area (Å²) in [5, 5.41) is 4.91. The summed E-state index contributed by atoms with van der Waals surface area (Å²) in [4.78, 5) is 40.2. The van der Waals surface area contributed by atoms with Crippen molar-refractivity contribution in [3.63, 3.8) is 0 Å². The molecule has 0 aliphatic carbocycles. The first kappa shape index (κ1) is 21.9. The number of hydrogen-bond acceptors (Lipinski definition) is 4. The molecule has 1 aromatic heterocycles. The number of alkyl halides is 1. The van der Waals surface area contributed by atoms with E-state index in [1.165, 1.54) is 29.1 Å². The van der Waals surface area contributed by atoms with Gasteiger partial charge >= 0.3 is 0 Å². The Bertz CT molecular complexity index is 1150. The van der Waals surface area contributed by atoms with E-state index in [1.807, 2.05) is 0 Å². The van der Waals surface area contributed by atoms with Crippen LogP contribution in [-0.4, -0.2) is 40.5 Å². The molecule has 2 aromatic carbocycles. The van der Waals surface area contributed by atoms with E-state index < -0.39 is 30.2 Å². The summed E-state index contributed by atoms with van der Waals surface area (Å²) < 4.78 is 26.9. The van der Waals surface area contributed by atoms with E-state index in [0.29, 0.717) is 11.4 Å². The molecule has 3 aromatic rings. The molecular formula is C20H16ClF2N5O3. The summed E-state index contributed by atoms with van der Waals surface area (Å²) in [6.45, 7) is -1.02. The minimum absolute atomic E-state index is 0.0320. The third kappa shape index (κ3) is 4.86. The Labute approximate surface area is 180 Å². The van der Waals surface area contributed by atoms with E-state index in [0.717, 1.165) is 12.1 Å². The van der Waals surface area contributed by atoms with Crippen LogP contribution in [0.5, 0.6) is 0 Å². The number of halogens is 3. The Balaban J connectivity index is 1.85. The number of aromatic nitrogens is 2. The lowest BCUT2D eigenvalue weighted by Crippen LogP contribution is -2.30. The van der Waals surface area contributed by atoms with Crippen LogP contribution in [0.2, 0.25) is 5.02 Å². The predicted octanol–water partition coefficient (Wildman–Crippen LogP) is 2.72. The number of nitrogens with one attached hydrogen (secondary N) is 2. The van der Waals surface area contributed by atoms with Crippen molar-refractivity contribution in [3.8, 4) is 5.69 Å². The summed E-state index contributed by atoms with van der Waals surface area (Å²) in [5.41, 5.74) is 5.80. The van der Waals surface area contributed by atoms with Gasteiger partial charge in [-0.05, 0) is 42.5 Å². The average molecular weight is 448 g/mol. The Kier molecular flexibility index (Phi) is 6.61. The lowest BCUT2D eigenvalue weighted by Gasteiger charge is -2.11. The molecule has 1 heterocycles. The number of primary amides is 1. The van der Waals surface area contributed by atoms with Crippen molar-refractivity contribution in [2.75, 3.05) is 18.5 Å². The predicted molar refractivity (Wildman–Crippen MR) is 110 cm³/mol. The van der Waals surface area contributed by atoms with E-state index in [9.17, 15) is 23.2 Å². The Hall–Kier alpha value is -3.79. The molecule has 4 N–H and O–H groups in total. The average Bonchev–Trinajstić information content (AvgIpc) is 3.18. The second kappa shape index (κ2) is 9.35. The number of carbonyl (C=O) groups excluding carboxylic acids is 3. The molecule has 0 bridgehead atoms. The van der Waals surface area contributed by atoms with Gasteiger partial charge in [-0.3, -0.25) is 19.0 Å². The van der Waals surface area contributed by atoms with Crippen molar-refractivity contribution in [3.05, 3.63) is 76.6 Å². The molecule has 0 aliphatic rings. The van der Waals surface area contributed by atoms with Gasteiger partial charge in [0, 0.05) is 17.9 Å². The fourth-order valence-electron chi connectivity index (χ4n) is 2.76. The largest absolute Gasteiger partial charge is 0.364 e. The topological polar surface area (TPSA) is 119 Å². The molecule has 0 spiro atoms. The van der Waals surface area contributed by atoms with Crippen molar-refractivity contribution >= 4 is 35.0 Å². The smallest absolute Gasteiger partial charge is 0.270 e. The molecule has 160 valence electrons. The number of nitrogens with zero attached hydrogens (tertiary/aromatic N) is 2. The highest BCUT2D eigenvalue weighted by Crippen LogP contribution is 2.21. The zero-order valence-electron chi connectivity index (χ0n) is 15.9. The van der Waals surface area contributed by atoms with E-state index in [1.54, 1.807) is 12.1 Å². The molecule has 3 rings (SSSR count). The summed E-state index contributed by atoms with van der Waals surface area (Å²) in [6, 6.07) is 9.61. The van der Waals surface area contributed by atoms with Crippen LogP contribution in [0.1, 0.15) is 31.3 Å². The highest BCUT2D eigenvalue weighted by molar-refractivity contribution is 6.34. The number of benzene rings is 2. The zero-order valence-corrected chi connectivity index (χ0v) is 16.6. The number of anilines is 1. The van der Waals surface area contributed by atoms with Crippen molar-refractivity contribution in [1.82, 2.24) is 14.9 Å². The lowest BCUT2D eigenvalue weighted by molar-refractivity contribution is 0.0926.